The van der Waals surface area contributed by atoms with E-state index in [9.17, 15) is 9.59 Å². The molecule has 0 atom stereocenters. The first-order chi connectivity index (χ1) is 6.72. The fraction of sp³-hybridized carbons (Fsp3) is 0.600. The van der Waals surface area contributed by atoms with Gasteiger partial charge in [0, 0.05) is 6.42 Å². The number of rotatable bonds is 3. The lowest BCUT2D eigenvalue weighted by molar-refractivity contribution is -0.128. The van der Waals surface area contributed by atoms with E-state index < -0.39 is 5.91 Å². The summed E-state index contributed by atoms with van der Waals surface area (Å²) >= 11 is 0. The molecule has 1 heterocycles. The molecule has 4 nitrogen and oxygen atoms in total. The van der Waals surface area contributed by atoms with Gasteiger partial charge in [0.15, 0.2) is 0 Å². The highest BCUT2D eigenvalue weighted by molar-refractivity contribution is 6.00. The van der Waals surface area contributed by atoms with Crippen LogP contribution in [-0.4, -0.2) is 24.9 Å². The number of carbonyl (C=O) groups excluding carboxylic acids is 2. The van der Waals surface area contributed by atoms with Gasteiger partial charge < -0.3 is 5.32 Å². The Hall–Kier alpha value is -1.16. The molecule has 0 spiro atoms. The topological polar surface area (TPSA) is 58.2 Å². The third-order valence-electron chi connectivity index (χ3n) is 2.38. The molecule has 0 saturated carbocycles. The predicted octanol–water partition coefficient (Wildman–Crippen LogP) is 0.205. The fourth-order valence-corrected chi connectivity index (χ4v) is 1.59. The van der Waals surface area contributed by atoms with Crippen LogP contribution in [0.2, 0.25) is 0 Å². The number of imide groups is 1. The minimum atomic E-state index is -0.413. The summed E-state index contributed by atoms with van der Waals surface area (Å²) in [7, 11) is 0. The van der Waals surface area contributed by atoms with Gasteiger partial charge in [-0.05, 0) is 37.9 Å². The number of nitrogens with one attached hydrogen (secondary N) is 2. The van der Waals surface area contributed by atoms with E-state index in [-0.39, 0.29) is 5.91 Å². The van der Waals surface area contributed by atoms with E-state index in [1.54, 1.807) is 0 Å². The maximum atomic E-state index is 11.3. The molecule has 1 rings (SSSR count). The van der Waals surface area contributed by atoms with Gasteiger partial charge in [0.25, 0.3) is 0 Å². The van der Waals surface area contributed by atoms with Gasteiger partial charge in [-0.1, -0.05) is 6.58 Å². The largest absolute Gasteiger partial charge is 0.317 e. The number of hydrogen-bond donors (Lipinski definition) is 2. The molecule has 4 heteroatoms. The van der Waals surface area contributed by atoms with Gasteiger partial charge in [0.05, 0.1) is 0 Å². The van der Waals surface area contributed by atoms with Crippen LogP contribution in [0.3, 0.4) is 0 Å². The van der Waals surface area contributed by atoms with E-state index in [4.69, 9.17) is 0 Å². The molecular formula is C10H16N2O2. The summed E-state index contributed by atoms with van der Waals surface area (Å²) < 4.78 is 0. The quantitative estimate of drug-likeness (QED) is 0.634. The van der Waals surface area contributed by atoms with Crippen LogP contribution in [0.25, 0.3) is 0 Å². The average Bonchev–Trinajstić information content (AvgIpc) is 2.19. The lowest BCUT2D eigenvalue weighted by Crippen LogP contribution is -2.34. The van der Waals surface area contributed by atoms with Crippen molar-refractivity contribution >= 4 is 11.8 Å². The van der Waals surface area contributed by atoms with E-state index in [0.29, 0.717) is 12.3 Å². The molecule has 0 aromatic heterocycles. The molecule has 1 saturated heterocycles. The van der Waals surface area contributed by atoms with Crippen LogP contribution in [0.4, 0.5) is 0 Å². The number of hydrogen-bond acceptors (Lipinski definition) is 3. The second-order valence-electron chi connectivity index (χ2n) is 3.51. The number of piperidine rings is 1. The summed E-state index contributed by atoms with van der Waals surface area (Å²) in [6.45, 7) is 5.22. The molecule has 2 amide bonds. The van der Waals surface area contributed by atoms with Crippen molar-refractivity contribution in [1.82, 2.24) is 10.6 Å². The number of carbonyl (C=O) groups is 2. The minimum absolute atomic E-state index is 0.193. The van der Waals surface area contributed by atoms with Crippen LogP contribution in [0.5, 0.6) is 0 Å². The second kappa shape index (κ2) is 5.54. The van der Waals surface area contributed by atoms with Crippen molar-refractivity contribution in [1.29, 1.82) is 0 Å². The fourth-order valence-electron chi connectivity index (χ4n) is 1.59. The first-order valence-electron chi connectivity index (χ1n) is 4.89. The Labute approximate surface area is 83.8 Å². The van der Waals surface area contributed by atoms with Crippen LogP contribution < -0.4 is 10.6 Å². The van der Waals surface area contributed by atoms with Crippen molar-refractivity contribution in [3.05, 3.63) is 12.7 Å². The normalized spacial score (nSPS) is 17.4. The molecule has 0 bridgehead atoms. The molecule has 78 valence electrons. The Morgan fingerprint density at radius 1 is 1.43 bits per heavy atom. The summed E-state index contributed by atoms with van der Waals surface area (Å²) in [5.41, 5.74) is 0. The summed E-state index contributed by atoms with van der Waals surface area (Å²) in [6.07, 6.45) is 3.58. The van der Waals surface area contributed by atoms with E-state index in [2.05, 4.69) is 17.2 Å². The first kappa shape index (κ1) is 10.9. The maximum Gasteiger partial charge on any atom is 0.249 e. The highest BCUT2D eigenvalue weighted by Crippen LogP contribution is 2.15. The molecule has 0 aliphatic carbocycles. The van der Waals surface area contributed by atoms with Crippen molar-refractivity contribution in [2.75, 3.05) is 13.1 Å². The summed E-state index contributed by atoms with van der Waals surface area (Å²) in [5, 5.41) is 5.49. The smallest absolute Gasteiger partial charge is 0.249 e. The Bertz CT molecular complexity index is 232. The average molecular weight is 196 g/mol. The highest BCUT2D eigenvalue weighted by Gasteiger charge is 2.17. The minimum Gasteiger partial charge on any atom is -0.317 e. The van der Waals surface area contributed by atoms with E-state index >= 15 is 0 Å². The summed E-state index contributed by atoms with van der Waals surface area (Å²) in [6, 6.07) is 0. The molecule has 1 aliphatic heterocycles. The second-order valence-corrected chi connectivity index (χ2v) is 3.51. The van der Waals surface area contributed by atoms with E-state index in [1.807, 2.05) is 0 Å². The first-order valence-corrected chi connectivity index (χ1v) is 4.89. The monoisotopic (exact) mass is 196 g/mol. The SMILES string of the molecule is C=CC(=O)NC(=O)CC1CCNCC1. The van der Waals surface area contributed by atoms with Crippen molar-refractivity contribution in [3.63, 3.8) is 0 Å². The van der Waals surface area contributed by atoms with Crippen LogP contribution >= 0.6 is 0 Å². The van der Waals surface area contributed by atoms with Crippen molar-refractivity contribution in [3.8, 4) is 0 Å². The lowest BCUT2D eigenvalue weighted by atomic mass is 9.94. The Kier molecular flexibility index (Phi) is 4.32. The maximum absolute atomic E-state index is 11.3. The van der Waals surface area contributed by atoms with Gasteiger partial charge in [0.2, 0.25) is 11.8 Å². The third kappa shape index (κ3) is 3.70. The molecule has 2 N–H and O–H groups in total. The van der Waals surface area contributed by atoms with Crippen molar-refractivity contribution in [2.24, 2.45) is 5.92 Å². The zero-order chi connectivity index (χ0) is 10.4. The summed E-state index contributed by atoms with van der Waals surface area (Å²) in [4.78, 5) is 22.1. The molecular weight excluding hydrogens is 180 g/mol. The van der Waals surface area contributed by atoms with E-state index in [1.165, 1.54) is 0 Å². The molecule has 0 aromatic rings. The molecule has 1 fully saturated rings. The van der Waals surface area contributed by atoms with E-state index in [0.717, 1.165) is 32.0 Å². The Morgan fingerprint density at radius 3 is 2.64 bits per heavy atom. The molecule has 0 aromatic carbocycles. The lowest BCUT2D eigenvalue weighted by Gasteiger charge is -2.21. The highest BCUT2D eigenvalue weighted by atomic mass is 16.2. The Balaban J connectivity index is 2.25. The van der Waals surface area contributed by atoms with Gasteiger partial charge in [0.1, 0.15) is 0 Å². The summed E-state index contributed by atoms with van der Waals surface area (Å²) in [5.74, 6) is -0.195. The zero-order valence-corrected chi connectivity index (χ0v) is 8.21. The Morgan fingerprint density at radius 2 is 2.07 bits per heavy atom. The zero-order valence-electron chi connectivity index (χ0n) is 8.21. The third-order valence-corrected chi connectivity index (χ3v) is 2.38. The van der Waals surface area contributed by atoms with Crippen molar-refractivity contribution in [2.45, 2.75) is 19.3 Å². The van der Waals surface area contributed by atoms with Gasteiger partial charge in [-0.3, -0.25) is 14.9 Å². The van der Waals surface area contributed by atoms with Crippen LogP contribution in [-0.2, 0) is 9.59 Å². The predicted molar refractivity (Wildman–Crippen MR) is 53.6 cm³/mol. The molecule has 0 unspecified atom stereocenters. The standard InChI is InChI=1S/C10H16N2O2/c1-2-9(13)12-10(14)7-8-3-5-11-6-4-8/h2,8,11H,1,3-7H2,(H,12,13,14). The van der Waals surface area contributed by atoms with Crippen LogP contribution in [0.1, 0.15) is 19.3 Å². The van der Waals surface area contributed by atoms with Gasteiger partial charge in [-0.15, -0.1) is 0 Å². The number of amides is 2. The van der Waals surface area contributed by atoms with Gasteiger partial charge >= 0.3 is 0 Å². The molecule has 14 heavy (non-hydrogen) atoms. The van der Waals surface area contributed by atoms with Crippen molar-refractivity contribution < 1.29 is 9.59 Å². The van der Waals surface area contributed by atoms with Crippen LogP contribution in [0, 0.1) is 5.92 Å². The van der Waals surface area contributed by atoms with Crippen LogP contribution in [0.15, 0.2) is 12.7 Å². The molecule has 0 radical (unpaired) electrons. The van der Waals surface area contributed by atoms with Gasteiger partial charge in [-0.25, -0.2) is 0 Å². The van der Waals surface area contributed by atoms with Gasteiger partial charge in [-0.2, -0.15) is 0 Å². The molecule has 1 aliphatic rings.